The van der Waals surface area contributed by atoms with E-state index in [-0.39, 0.29) is 11.4 Å². The van der Waals surface area contributed by atoms with E-state index in [0.717, 1.165) is 14.0 Å². The van der Waals surface area contributed by atoms with E-state index in [1.807, 2.05) is 0 Å². The summed E-state index contributed by atoms with van der Waals surface area (Å²) in [5, 5.41) is 13.2. The average Bonchev–Trinajstić information content (AvgIpc) is 2.25. The first-order valence-corrected chi connectivity index (χ1v) is 5.09. The number of nitrogens with one attached hydrogen (secondary N) is 1. The smallest absolute Gasteiger partial charge is 0.406 e. The van der Waals surface area contributed by atoms with Crippen molar-refractivity contribution < 1.29 is 27.6 Å². The van der Waals surface area contributed by atoms with Crippen LogP contribution in [-0.2, 0) is 9.53 Å². The van der Waals surface area contributed by atoms with Gasteiger partial charge in [-0.15, -0.1) is 0 Å². The van der Waals surface area contributed by atoms with Gasteiger partial charge < -0.3 is 10.1 Å². The van der Waals surface area contributed by atoms with E-state index in [9.17, 15) is 28.1 Å². The molecule has 0 saturated carbocycles. The zero-order chi connectivity index (χ0) is 15.0. The Balaban J connectivity index is 3.50. The third-order valence-electron chi connectivity index (χ3n) is 2.65. The van der Waals surface area contributed by atoms with Gasteiger partial charge in [0.2, 0.25) is 0 Å². The van der Waals surface area contributed by atoms with Gasteiger partial charge in [-0.05, 0) is 13.8 Å². The van der Waals surface area contributed by atoms with Crippen LogP contribution < -0.4 is 5.32 Å². The van der Waals surface area contributed by atoms with Gasteiger partial charge in [0.1, 0.15) is 0 Å². The van der Waals surface area contributed by atoms with Crippen LogP contribution in [0.5, 0.6) is 0 Å². The van der Waals surface area contributed by atoms with Crippen LogP contribution in [-0.4, -0.2) is 24.2 Å². The minimum atomic E-state index is -4.96. The first kappa shape index (κ1) is 15.0. The Morgan fingerprint density at radius 2 is 1.89 bits per heavy atom. The lowest BCUT2D eigenvalue weighted by Crippen LogP contribution is -2.40. The Hall–Kier alpha value is -2.06. The predicted molar refractivity (Wildman–Crippen MR) is 57.1 cm³/mol. The molecule has 1 N–H and O–H groups in total. The van der Waals surface area contributed by atoms with E-state index in [4.69, 9.17) is 0 Å². The Morgan fingerprint density at radius 3 is 2.26 bits per heavy atom. The number of carbonyl (C=O) groups is 1. The molecule has 106 valence electrons. The maximum Gasteiger partial charge on any atom is 0.406 e. The van der Waals surface area contributed by atoms with Crippen LogP contribution in [0.1, 0.15) is 13.8 Å². The second kappa shape index (κ2) is 4.90. The number of hydrogen-bond donors (Lipinski definition) is 1. The molecule has 0 aliphatic carbocycles. The van der Waals surface area contributed by atoms with Gasteiger partial charge in [0.15, 0.2) is 5.92 Å². The molecule has 0 amide bonds. The molecule has 19 heavy (non-hydrogen) atoms. The van der Waals surface area contributed by atoms with Crippen molar-refractivity contribution in [3.05, 3.63) is 32.8 Å². The molecule has 0 aromatic heterocycles. The number of alkyl halides is 3. The van der Waals surface area contributed by atoms with Crippen LogP contribution in [0.3, 0.4) is 0 Å². The highest BCUT2D eigenvalue weighted by Gasteiger charge is 2.55. The van der Waals surface area contributed by atoms with Crippen molar-refractivity contribution in [2.75, 3.05) is 7.11 Å². The Bertz CT molecular complexity index is 493. The average molecular weight is 280 g/mol. The van der Waals surface area contributed by atoms with Crippen molar-refractivity contribution in [3.8, 4) is 0 Å². The van der Waals surface area contributed by atoms with Gasteiger partial charge in [-0.1, -0.05) is 0 Å². The lowest BCUT2D eigenvalue weighted by molar-refractivity contribution is -0.442. The lowest BCUT2D eigenvalue weighted by atomic mass is 9.89. The van der Waals surface area contributed by atoms with Gasteiger partial charge >= 0.3 is 12.1 Å². The molecule has 0 spiro atoms. The largest absolute Gasteiger partial charge is 0.466 e. The van der Waals surface area contributed by atoms with Crippen LogP contribution >= 0.6 is 0 Å². The maximum absolute atomic E-state index is 13.0. The zero-order valence-electron chi connectivity index (χ0n) is 10.3. The predicted octanol–water partition coefficient (Wildman–Crippen LogP) is 1.72. The monoisotopic (exact) mass is 280 g/mol. The van der Waals surface area contributed by atoms with E-state index in [2.05, 4.69) is 10.1 Å². The molecule has 6 nitrogen and oxygen atoms in total. The number of allylic oxidation sites excluding steroid dienone is 3. The van der Waals surface area contributed by atoms with E-state index in [1.165, 1.54) is 6.92 Å². The molecule has 1 unspecified atom stereocenters. The molecule has 1 rings (SSSR count). The summed E-state index contributed by atoms with van der Waals surface area (Å²) >= 11 is 0. The quantitative estimate of drug-likeness (QED) is 0.473. The summed E-state index contributed by atoms with van der Waals surface area (Å²) in [7, 11) is 0.910. The van der Waals surface area contributed by atoms with Gasteiger partial charge in [0, 0.05) is 5.70 Å². The number of rotatable bonds is 2. The molecular formula is C10H11F3N2O4. The standard InChI is InChI=1S/C10H11F3N2O4/c1-4-6(9(16)19-3)7(10(11,12)13)8(15(17)18)5(2)14-4/h7,14H,1-3H3. The highest BCUT2D eigenvalue weighted by atomic mass is 19.4. The number of methoxy groups -OCH3 is 1. The zero-order valence-corrected chi connectivity index (χ0v) is 10.3. The molecule has 0 bridgehead atoms. The number of nitrogens with zero attached hydrogens (tertiary/aromatic N) is 1. The van der Waals surface area contributed by atoms with Crippen LogP contribution in [0.4, 0.5) is 13.2 Å². The minimum Gasteiger partial charge on any atom is -0.466 e. The summed E-state index contributed by atoms with van der Waals surface area (Å²) < 4.78 is 43.4. The fraction of sp³-hybridized carbons (Fsp3) is 0.500. The SMILES string of the molecule is COC(=O)C1=C(C)NC(C)=C([N+](=O)[O-])C1C(F)(F)F. The number of carbonyl (C=O) groups excluding carboxylic acids is 1. The van der Waals surface area contributed by atoms with Crippen LogP contribution in [0.15, 0.2) is 22.7 Å². The summed E-state index contributed by atoms with van der Waals surface area (Å²) in [6, 6.07) is 0. The molecule has 9 heteroatoms. The Kier molecular flexibility index (Phi) is 3.87. The van der Waals surface area contributed by atoms with Crippen molar-refractivity contribution in [2.45, 2.75) is 20.0 Å². The van der Waals surface area contributed by atoms with Gasteiger partial charge in [0.25, 0.3) is 5.70 Å². The molecule has 0 radical (unpaired) electrons. The number of dihydropyridines is 1. The third kappa shape index (κ3) is 2.69. The molecule has 0 fully saturated rings. The second-order valence-corrected chi connectivity index (χ2v) is 3.90. The van der Waals surface area contributed by atoms with Crippen molar-refractivity contribution in [3.63, 3.8) is 0 Å². The highest BCUT2D eigenvalue weighted by molar-refractivity contribution is 5.91. The normalized spacial score (nSPS) is 20.2. The molecule has 1 aliphatic rings. The highest BCUT2D eigenvalue weighted by Crippen LogP contribution is 2.42. The third-order valence-corrected chi connectivity index (χ3v) is 2.65. The van der Waals surface area contributed by atoms with Crippen LogP contribution in [0.2, 0.25) is 0 Å². The minimum absolute atomic E-state index is 0.114. The van der Waals surface area contributed by atoms with Crippen molar-refractivity contribution in [2.24, 2.45) is 5.92 Å². The molecule has 0 aromatic rings. The maximum atomic E-state index is 13.0. The summed E-state index contributed by atoms with van der Waals surface area (Å²) in [5.74, 6) is -3.85. The molecule has 1 aliphatic heterocycles. The first-order valence-electron chi connectivity index (χ1n) is 5.09. The van der Waals surface area contributed by atoms with Gasteiger partial charge in [0.05, 0.1) is 23.3 Å². The number of hydrogen-bond acceptors (Lipinski definition) is 5. The van der Waals surface area contributed by atoms with E-state index < -0.39 is 34.3 Å². The molecule has 0 saturated heterocycles. The molecule has 1 atom stereocenters. The van der Waals surface area contributed by atoms with Crippen LogP contribution in [0.25, 0.3) is 0 Å². The fourth-order valence-corrected chi connectivity index (χ4v) is 1.92. The summed E-state index contributed by atoms with van der Waals surface area (Å²) in [4.78, 5) is 21.1. The second-order valence-electron chi connectivity index (χ2n) is 3.90. The van der Waals surface area contributed by atoms with E-state index in [1.54, 1.807) is 0 Å². The topological polar surface area (TPSA) is 81.5 Å². The van der Waals surface area contributed by atoms with Crippen LogP contribution in [0, 0.1) is 16.0 Å². The number of ether oxygens (including phenoxy) is 1. The summed E-state index contributed by atoms with van der Waals surface area (Å²) in [5.41, 5.74) is -2.26. The first-order chi connectivity index (χ1) is 8.61. The van der Waals surface area contributed by atoms with Gasteiger partial charge in [-0.2, -0.15) is 13.2 Å². The molecular weight excluding hydrogens is 269 g/mol. The number of esters is 1. The van der Waals surface area contributed by atoms with E-state index in [0.29, 0.717) is 0 Å². The fourth-order valence-electron chi connectivity index (χ4n) is 1.92. The van der Waals surface area contributed by atoms with E-state index >= 15 is 0 Å². The van der Waals surface area contributed by atoms with Crippen molar-refractivity contribution in [1.29, 1.82) is 0 Å². The van der Waals surface area contributed by atoms with Crippen molar-refractivity contribution >= 4 is 5.97 Å². The molecule has 1 heterocycles. The Labute approximate surface area is 106 Å². The lowest BCUT2D eigenvalue weighted by Gasteiger charge is -2.27. The number of nitro groups is 1. The number of halogens is 3. The van der Waals surface area contributed by atoms with Gasteiger partial charge in [-0.3, -0.25) is 10.1 Å². The summed E-state index contributed by atoms with van der Waals surface area (Å²) in [6.07, 6.45) is -4.96. The Morgan fingerprint density at radius 1 is 1.37 bits per heavy atom. The van der Waals surface area contributed by atoms with Crippen molar-refractivity contribution in [1.82, 2.24) is 5.32 Å². The van der Waals surface area contributed by atoms with Gasteiger partial charge in [-0.25, -0.2) is 4.79 Å². The summed E-state index contributed by atoms with van der Waals surface area (Å²) in [6.45, 7) is 2.37. The molecule has 0 aromatic carbocycles.